The molecule has 3 N–H and O–H groups in total. The Labute approximate surface area is 233 Å². The molecule has 0 spiro atoms. The monoisotopic (exact) mass is 576 g/mol. The molecule has 210 valence electrons. The van der Waals surface area contributed by atoms with E-state index < -0.39 is 24.7 Å². The molecule has 2 aromatic carbocycles. The standard InChI is InChI=1S/C27H35ClFN6O3P/c1-7-8-15-35(34-26(36)38-27(2,3)4)22-14-13-18(16-20(22)29)31-25-30-17-19(28)24(33-25)32-21-11-9-10-12-23(21)39(5,6)37/h9-14,16-17H,7-8,15H2,1-6H3,(H,34,36)(H2,30,31,32,33). The molecule has 0 radical (unpaired) electrons. The van der Waals surface area contributed by atoms with E-state index in [0.717, 1.165) is 12.8 Å². The van der Waals surface area contributed by atoms with Crippen LogP contribution in [0.1, 0.15) is 40.5 Å². The summed E-state index contributed by atoms with van der Waals surface area (Å²) in [6, 6.07) is 11.7. The third-order valence-corrected chi connectivity index (χ3v) is 7.16. The number of para-hydroxylation sites is 1. The third-order valence-electron chi connectivity index (χ3n) is 5.34. The largest absolute Gasteiger partial charge is 0.443 e. The number of rotatable bonds is 10. The molecule has 39 heavy (non-hydrogen) atoms. The van der Waals surface area contributed by atoms with Crippen molar-refractivity contribution < 1.29 is 18.5 Å². The van der Waals surface area contributed by atoms with Crippen molar-refractivity contribution in [3.8, 4) is 0 Å². The fourth-order valence-corrected chi connectivity index (χ4v) is 4.88. The Balaban J connectivity index is 1.81. The number of ether oxygens (including phenoxy) is 1. The van der Waals surface area contributed by atoms with Crippen molar-refractivity contribution in [2.75, 3.05) is 35.5 Å². The molecule has 3 aromatic rings. The van der Waals surface area contributed by atoms with Gasteiger partial charge in [-0.1, -0.05) is 37.1 Å². The van der Waals surface area contributed by atoms with E-state index in [4.69, 9.17) is 16.3 Å². The van der Waals surface area contributed by atoms with Crippen molar-refractivity contribution in [3.05, 3.63) is 59.5 Å². The molecule has 12 heteroatoms. The highest BCUT2D eigenvalue weighted by Gasteiger charge is 2.21. The van der Waals surface area contributed by atoms with E-state index >= 15 is 4.39 Å². The van der Waals surface area contributed by atoms with Gasteiger partial charge in [-0.25, -0.2) is 19.6 Å². The van der Waals surface area contributed by atoms with Gasteiger partial charge in [0.1, 0.15) is 23.6 Å². The summed E-state index contributed by atoms with van der Waals surface area (Å²) in [6.45, 7) is 11.1. The summed E-state index contributed by atoms with van der Waals surface area (Å²) in [7, 11) is -2.56. The molecule has 1 aromatic heterocycles. The minimum atomic E-state index is -2.56. The Morgan fingerprint density at radius 3 is 2.51 bits per heavy atom. The SMILES string of the molecule is CCCCN(NC(=O)OC(C)(C)C)c1ccc(Nc2ncc(Cl)c(Nc3ccccc3P(C)(C)=O)n2)cc1F. The number of nitrogens with one attached hydrogen (secondary N) is 3. The predicted octanol–water partition coefficient (Wildman–Crippen LogP) is 7.05. The minimum Gasteiger partial charge on any atom is -0.443 e. The number of hydrazine groups is 1. The lowest BCUT2D eigenvalue weighted by atomic mass is 10.2. The zero-order valence-corrected chi connectivity index (χ0v) is 24.7. The van der Waals surface area contributed by atoms with Crippen molar-refractivity contribution in [3.63, 3.8) is 0 Å². The molecule has 0 fully saturated rings. The molecule has 0 bridgehead atoms. The first-order valence-corrected chi connectivity index (χ1v) is 15.5. The lowest BCUT2D eigenvalue weighted by Crippen LogP contribution is -2.45. The first-order valence-electron chi connectivity index (χ1n) is 12.5. The number of anilines is 5. The van der Waals surface area contributed by atoms with Gasteiger partial charge in [0.05, 0.1) is 17.6 Å². The van der Waals surface area contributed by atoms with E-state index in [0.29, 0.717) is 29.0 Å². The highest BCUT2D eigenvalue weighted by molar-refractivity contribution is 7.70. The fraction of sp³-hybridized carbons (Fsp3) is 0.370. The second kappa shape index (κ2) is 12.7. The fourth-order valence-electron chi connectivity index (χ4n) is 3.59. The van der Waals surface area contributed by atoms with Gasteiger partial charge in [-0.2, -0.15) is 4.98 Å². The van der Waals surface area contributed by atoms with Crippen molar-refractivity contribution in [2.45, 2.75) is 46.1 Å². The highest BCUT2D eigenvalue weighted by atomic mass is 35.5. The maximum Gasteiger partial charge on any atom is 0.426 e. The molecule has 0 aliphatic heterocycles. The van der Waals surface area contributed by atoms with E-state index in [1.54, 1.807) is 58.4 Å². The zero-order valence-electron chi connectivity index (χ0n) is 23.0. The number of aromatic nitrogens is 2. The molecule has 0 saturated carbocycles. The number of amides is 1. The van der Waals surface area contributed by atoms with Gasteiger partial charge in [-0.15, -0.1) is 0 Å². The number of carbonyl (C=O) groups is 1. The van der Waals surface area contributed by atoms with Gasteiger partial charge in [-0.3, -0.25) is 5.01 Å². The van der Waals surface area contributed by atoms with Crippen LogP contribution in [-0.2, 0) is 9.30 Å². The van der Waals surface area contributed by atoms with Crippen LogP contribution in [0, 0.1) is 5.82 Å². The molecule has 0 aliphatic carbocycles. The van der Waals surface area contributed by atoms with E-state index in [1.165, 1.54) is 17.3 Å². The summed E-state index contributed by atoms with van der Waals surface area (Å²) in [5.74, 6) is -0.0769. The van der Waals surface area contributed by atoms with Gasteiger partial charge >= 0.3 is 6.09 Å². The number of unbranched alkanes of at least 4 members (excludes halogenated alkanes) is 1. The normalized spacial score (nSPS) is 11.6. The summed E-state index contributed by atoms with van der Waals surface area (Å²) in [4.78, 5) is 21.0. The van der Waals surface area contributed by atoms with Crippen LogP contribution >= 0.6 is 18.7 Å². The van der Waals surface area contributed by atoms with Crippen LogP contribution in [-0.4, -0.2) is 41.5 Å². The number of benzene rings is 2. The van der Waals surface area contributed by atoms with Crippen LogP contribution in [0.15, 0.2) is 48.7 Å². The van der Waals surface area contributed by atoms with E-state index in [1.807, 2.05) is 19.1 Å². The Kier molecular flexibility index (Phi) is 9.80. The first kappa shape index (κ1) is 30.2. The van der Waals surface area contributed by atoms with Gasteiger partial charge in [0.2, 0.25) is 5.95 Å². The second-order valence-corrected chi connectivity index (χ2v) is 13.9. The van der Waals surface area contributed by atoms with Gasteiger partial charge in [0.15, 0.2) is 5.82 Å². The van der Waals surface area contributed by atoms with Crippen LogP contribution in [0.5, 0.6) is 0 Å². The lowest BCUT2D eigenvalue weighted by molar-refractivity contribution is 0.0520. The topological polar surface area (TPSA) is 108 Å². The average molecular weight is 577 g/mol. The summed E-state index contributed by atoms with van der Waals surface area (Å²) >= 11 is 6.33. The van der Waals surface area contributed by atoms with Crippen LogP contribution in [0.3, 0.4) is 0 Å². The molecule has 9 nitrogen and oxygen atoms in total. The van der Waals surface area contributed by atoms with Crippen molar-refractivity contribution >= 4 is 59.0 Å². The molecule has 3 rings (SSSR count). The molecule has 1 amide bonds. The maximum absolute atomic E-state index is 15.2. The summed E-state index contributed by atoms with van der Waals surface area (Å²) in [5, 5.41) is 8.48. The Hall–Kier alpha value is -3.36. The molecule has 0 aliphatic rings. The quantitative estimate of drug-likeness (QED) is 0.174. The zero-order chi connectivity index (χ0) is 28.8. The number of hydrogen-bond acceptors (Lipinski definition) is 8. The molecule has 0 saturated heterocycles. The smallest absolute Gasteiger partial charge is 0.426 e. The predicted molar refractivity (Wildman–Crippen MR) is 157 cm³/mol. The molecular weight excluding hydrogens is 542 g/mol. The maximum atomic E-state index is 15.2. The van der Waals surface area contributed by atoms with Crippen LogP contribution in [0.2, 0.25) is 5.02 Å². The molecule has 1 heterocycles. The summed E-state index contributed by atoms with van der Waals surface area (Å²) in [5.41, 5.74) is 3.15. The number of nitrogens with zero attached hydrogens (tertiary/aromatic N) is 3. The summed E-state index contributed by atoms with van der Waals surface area (Å²) in [6.07, 6.45) is 2.34. The molecular formula is C27H35ClFN6O3P. The highest BCUT2D eigenvalue weighted by Crippen LogP contribution is 2.38. The number of carbonyl (C=O) groups excluding carboxylic acids is 1. The van der Waals surface area contributed by atoms with Gasteiger partial charge in [-0.05, 0) is 70.9 Å². The van der Waals surface area contributed by atoms with Gasteiger partial charge in [0, 0.05) is 17.5 Å². The Morgan fingerprint density at radius 1 is 1.15 bits per heavy atom. The number of hydrogen-bond donors (Lipinski definition) is 3. The summed E-state index contributed by atoms with van der Waals surface area (Å²) < 4.78 is 33.3. The van der Waals surface area contributed by atoms with E-state index in [9.17, 15) is 9.36 Å². The van der Waals surface area contributed by atoms with Crippen molar-refractivity contribution in [1.29, 1.82) is 0 Å². The average Bonchev–Trinajstić information content (AvgIpc) is 2.83. The van der Waals surface area contributed by atoms with Crippen molar-refractivity contribution in [2.24, 2.45) is 0 Å². The van der Waals surface area contributed by atoms with Gasteiger partial charge < -0.3 is 19.9 Å². The van der Waals surface area contributed by atoms with Crippen LogP contribution in [0.4, 0.5) is 38.0 Å². The Morgan fingerprint density at radius 2 is 1.87 bits per heavy atom. The Bertz CT molecular complexity index is 1360. The lowest BCUT2D eigenvalue weighted by Gasteiger charge is -2.28. The minimum absolute atomic E-state index is 0.178. The van der Waals surface area contributed by atoms with Crippen LogP contribution < -0.4 is 26.4 Å². The second-order valence-electron chi connectivity index (χ2n) is 10.3. The number of halogens is 2. The van der Waals surface area contributed by atoms with Crippen molar-refractivity contribution in [1.82, 2.24) is 15.4 Å². The first-order chi connectivity index (χ1) is 18.3. The molecule has 0 unspecified atom stereocenters. The van der Waals surface area contributed by atoms with E-state index in [2.05, 4.69) is 26.0 Å². The third kappa shape index (κ3) is 8.83. The van der Waals surface area contributed by atoms with Crippen LogP contribution in [0.25, 0.3) is 0 Å². The van der Waals surface area contributed by atoms with E-state index in [-0.39, 0.29) is 16.7 Å². The van der Waals surface area contributed by atoms with Gasteiger partial charge in [0.25, 0.3) is 0 Å². The molecule has 0 atom stereocenters.